The first-order valence-corrected chi connectivity index (χ1v) is 4.83. The van der Waals surface area contributed by atoms with Crippen molar-refractivity contribution < 1.29 is 9.53 Å². The van der Waals surface area contributed by atoms with Gasteiger partial charge in [-0.15, -0.1) is 0 Å². The molecule has 0 unspecified atom stereocenters. The van der Waals surface area contributed by atoms with Gasteiger partial charge in [0.2, 0.25) is 0 Å². The van der Waals surface area contributed by atoms with Crippen molar-refractivity contribution in [3.8, 4) is 0 Å². The Balaban J connectivity index is 2.43. The molecule has 0 aromatic carbocycles. The summed E-state index contributed by atoms with van der Waals surface area (Å²) in [5.74, 6) is 0.610. The second-order valence-electron chi connectivity index (χ2n) is 3.24. The van der Waals surface area contributed by atoms with Crippen molar-refractivity contribution in [3.63, 3.8) is 0 Å². The molecule has 0 saturated heterocycles. The molecule has 0 fully saturated rings. The van der Waals surface area contributed by atoms with E-state index in [4.69, 9.17) is 4.74 Å². The van der Waals surface area contributed by atoms with Gasteiger partial charge in [0.25, 0.3) is 0 Å². The number of hydrogen-bond donors (Lipinski definition) is 0. The quantitative estimate of drug-likeness (QED) is 0.701. The molecule has 2 rings (SSSR count). The van der Waals surface area contributed by atoms with Crippen molar-refractivity contribution in [2.45, 2.75) is 13.8 Å². The van der Waals surface area contributed by atoms with Crippen LogP contribution in [0.4, 0.5) is 0 Å². The molecule has 78 valence electrons. The lowest BCUT2D eigenvalue weighted by Gasteiger charge is -2.02. The van der Waals surface area contributed by atoms with E-state index in [-0.39, 0.29) is 5.97 Å². The number of imidazole rings is 1. The molecule has 2 aromatic rings. The van der Waals surface area contributed by atoms with Crippen LogP contribution in [-0.2, 0) is 4.74 Å². The number of aromatic nitrogens is 2. The van der Waals surface area contributed by atoms with Gasteiger partial charge < -0.3 is 9.14 Å². The second-order valence-corrected chi connectivity index (χ2v) is 3.24. The molecular weight excluding hydrogens is 192 g/mol. The van der Waals surface area contributed by atoms with Crippen LogP contribution in [-0.4, -0.2) is 22.0 Å². The minimum atomic E-state index is -0.293. The van der Waals surface area contributed by atoms with Crippen LogP contribution < -0.4 is 0 Å². The molecule has 4 nitrogen and oxygen atoms in total. The molecule has 0 radical (unpaired) electrons. The van der Waals surface area contributed by atoms with E-state index in [1.807, 2.05) is 17.5 Å². The van der Waals surface area contributed by atoms with Crippen LogP contribution in [0.25, 0.3) is 5.52 Å². The molecular formula is C11H12N2O2. The Morgan fingerprint density at radius 3 is 3.13 bits per heavy atom. The zero-order chi connectivity index (χ0) is 10.8. The largest absolute Gasteiger partial charge is 0.462 e. The lowest BCUT2D eigenvalue weighted by Crippen LogP contribution is -2.05. The van der Waals surface area contributed by atoms with Gasteiger partial charge in [-0.05, 0) is 26.0 Å². The van der Waals surface area contributed by atoms with E-state index < -0.39 is 0 Å². The topological polar surface area (TPSA) is 43.6 Å². The van der Waals surface area contributed by atoms with Crippen molar-refractivity contribution in [1.29, 1.82) is 0 Å². The number of nitrogens with zero attached hydrogens (tertiary/aromatic N) is 2. The first kappa shape index (κ1) is 9.71. The van der Waals surface area contributed by atoms with Crippen molar-refractivity contribution in [3.05, 3.63) is 35.9 Å². The minimum absolute atomic E-state index is 0.293. The molecule has 4 heteroatoms. The highest BCUT2D eigenvalue weighted by molar-refractivity contribution is 5.90. The summed E-state index contributed by atoms with van der Waals surface area (Å²) in [6.45, 7) is 4.10. The Labute approximate surface area is 87.5 Å². The fourth-order valence-electron chi connectivity index (χ4n) is 1.48. The van der Waals surface area contributed by atoms with Crippen LogP contribution in [0.2, 0.25) is 0 Å². The maximum Gasteiger partial charge on any atom is 0.338 e. The van der Waals surface area contributed by atoms with E-state index in [9.17, 15) is 4.79 Å². The molecule has 2 heterocycles. The summed E-state index contributed by atoms with van der Waals surface area (Å²) in [5, 5.41) is 0. The average molecular weight is 204 g/mol. The normalized spacial score (nSPS) is 10.5. The standard InChI is InChI=1S/C11H12N2O2/c1-3-15-11(14)9-4-5-13-8(2)12-7-10(13)6-9/h4-7H,3H2,1-2H3. The number of esters is 1. The zero-order valence-electron chi connectivity index (χ0n) is 8.73. The van der Waals surface area contributed by atoms with Gasteiger partial charge in [0.15, 0.2) is 0 Å². The molecule has 0 aliphatic carbocycles. The van der Waals surface area contributed by atoms with E-state index in [0.717, 1.165) is 11.3 Å². The molecule has 0 aliphatic rings. The molecule has 2 aromatic heterocycles. The fourth-order valence-corrected chi connectivity index (χ4v) is 1.48. The van der Waals surface area contributed by atoms with Gasteiger partial charge in [-0.2, -0.15) is 0 Å². The summed E-state index contributed by atoms with van der Waals surface area (Å²) in [6, 6.07) is 3.51. The van der Waals surface area contributed by atoms with E-state index in [0.29, 0.717) is 12.2 Å². The number of carbonyl (C=O) groups is 1. The van der Waals surface area contributed by atoms with E-state index in [1.165, 1.54) is 0 Å². The predicted molar refractivity (Wildman–Crippen MR) is 55.9 cm³/mol. The monoisotopic (exact) mass is 204 g/mol. The average Bonchev–Trinajstić information content (AvgIpc) is 2.60. The Kier molecular flexibility index (Phi) is 2.41. The van der Waals surface area contributed by atoms with Gasteiger partial charge in [-0.1, -0.05) is 0 Å². The van der Waals surface area contributed by atoms with Gasteiger partial charge in [0.1, 0.15) is 5.82 Å². The Morgan fingerprint density at radius 1 is 1.60 bits per heavy atom. The van der Waals surface area contributed by atoms with Gasteiger partial charge in [0, 0.05) is 6.20 Å². The van der Waals surface area contributed by atoms with E-state index >= 15 is 0 Å². The summed E-state index contributed by atoms with van der Waals surface area (Å²) in [5.41, 5.74) is 1.46. The van der Waals surface area contributed by atoms with Crippen LogP contribution in [0, 0.1) is 6.92 Å². The third-order valence-electron chi connectivity index (χ3n) is 2.23. The molecule has 0 aliphatic heterocycles. The number of ether oxygens (including phenoxy) is 1. The number of hydrogen-bond acceptors (Lipinski definition) is 3. The summed E-state index contributed by atoms with van der Waals surface area (Å²) in [4.78, 5) is 15.6. The van der Waals surface area contributed by atoms with Gasteiger partial charge in [-0.25, -0.2) is 9.78 Å². The summed E-state index contributed by atoms with van der Waals surface area (Å²) in [7, 11) is 0. The fraction of sp³-hybridized carbons (Fsp3) is 0.273. The molecule has 0 atom stereocenters. The van der Waals surface area contributed by atoms with Crippen LogP contribution in [0.3, 0.4) is 0 Å². The molecule has 0 saturated carbocycles. The van der Waals surface area contributed by atoms with E-state index in [1.54, 1.807) is 25.3 Å². The maximum atomic E-state index is 11.4. The molecule has 0 spiro atoms. The summed E-state index contributed by atoms with van der Waals surface area (Å²) < 4.78 is 6.83. The van der Waals surface area contributed by atoms with Crippen molar-refractivity contribution in [2.75, 3.05) is 6.61 Å². The van der Waals surface area contributed by atoms with Gasteiger partial charge in [0.05, 0.1) is 23.9 Å². The summed E-state index contributed by atoms with van der Waals surface area (Å²) >= 11 is 0. The number of pyridine rings is 1. The molecule has 0 N–H and O–H groups in total. The maximum absolute atomic E-state index is 11.4. The van der Waals surface area contributed by atoms with Gasteiger partial charge in [-0.3, -0.25) is 0 Å². The van der Waals surface area contributed by atoms with Gasteiger partial charge >= 0.3 is 5.97 Å². The van der Waals surface area contributed by atoms with Crippen LogP contribution in [0.15, 0.2) is 24.5 Å². The Bertz CT molecular complexity index is 502. The lowest BCUT2D eigenvalue weighted by molar-refractivity contribution is 0.0526. The second kappa shape index (κ2) is 3.73. The van der Waals surface area contributed by atoms with Crippen LogP contribution >= 0.6 is 0 Å². The predicted octanol–water partition coefficient (Wildman–Crippen LogP) is 1.82. The van der Waals surface area contributed by atoms with E-state index in [2.05, 4.69) is 4.98 Å². The number of rotatable bonds is 2. The first-order chi connectivity index (χ1) is 7.22. The third-order valence-corrected chi connectivity index (χ3v) is 2.23. The Morgan fingerprint density at radius 2 is 2.40 bits per heavy atom. The molecule has 0 amide bonds. The zero-order valence-corrected chi connectivity index (χ0v) is 8.73. The van der Waals surface area contributed by atoms with Crippen LogP contribution in [0.5, 0.6) is 0 Å². The minimum Gasteiger partial charge on any atom is -0.462 e. The highest BCUT2D eigenvalue weighted by atomic mass is 16.5. The first-order valence-electron chi connectivity index (χ1n) is 4.83. The smallest absolute Gasteiger partial charge is 0.338 e. The molecule has 0 bridgehead atoms. The highest BCUT2D eigenvalue weighted by Crippen LogP contribution is 2.10. The SMILES string of the molecule is CCOC(=O)c1ccn2c(C)ncc2c1. The van der Waals surface area contributed by atoms with Crippen molar-refractivity contribution >= 4 is 11.5 Å². The Hall–Kier alpha value is -1.84. The summed E-state index contributed by atoms with van der Waals surface area (Å²) in [6.07, 6.45) is 3.56. The highest BCUT2D eigenvalue weighted by Gasteiger charge is 2.07. The number of aryl methyl sites for hydroxylation is 1. The molecule has 15 heavy (non-hydrogen) atoms. The number of fused-ring (bicyclic) bond motifs is 1. The third kappa shape index (κ3) is 1.70. The number of carbonyl (C=O) groups excluding carboxylic acids is 1. The lowest BCUT2D eigenvalue weighted by atomic mass is 10.2. The van der Waals surface area contributed by atoms with Crippen LogP contribution in [0.1, 0.15) is 23.1 Å². The van der Waals surface area contributed by atoms with Crippen molar-refractivity contribution in [2.24, 2.45) is 0 Å². The van der Waals surface area contributed by atoms with Crippen molar-refractivity contribution in [1.82, 2.24) is 9.38 Å².